The number of fused-ring (bicyclic) bond motifs is 5. The maximum Gasteiger partial charge on any atom is 0.0158 e. The Bertz CT molecular complexity index is 2290. The monoisotopic (exact) mass is 578 g/mol. The third kappa shape index (κ3) is 4.05. The normalized spacial score (nSPS) is 13.3. The highest BCUT2D eigenvalue weighted by Crippen LogP contribution is 2.52. The Morgan fingerprint density at radius 1 is 0.378 bits per heavy atom. The van der Waals surface area contributed by atoms with Crippen molar-refractivity contribution in [3.05, 3.63) is 155 Å². The van der Waals surface area contributed by atoms with Crippen LogP contribution < -0.4 is 0 Å². The molecule has 7 aromatic rings. The fraction of sp³-hybridized carbons (Fsp3) is 0.156. The van der Waals surface area contributed by atoms with Gasteiger partial charge in [0, 0.05) is 5.41 Å². The largest absolute Gasteiger partial charge is 0.0622 e. The lowest BCUT2D eigenvalue weighted by atomic mass is 9.80. The van der Waals surface area contributed by atoms with E-state index in [9.17, 15) is 0 Å². The van der Waals surface area contributed by atoms with Gasteiger partial charge in [-0.05, 0) is 139 Å². The second-order valence-corrected chi connectivity index (χ2v) is 13.5. The molecule has 7 aromatic carbocycles. The molecule has 0 spiro atoms. The Hall–Kier alpha value is -4.94. The van der Waals surface area contributed by atoms with Gasteiger partial charge >= 0.3 is 0 Å². The van der Waals surface area contributed by atoms with Gasteiger partial charge in [0.15, 0.2) is 0 Å². The zero-order chi connectivity index (χ0) is 31.0. The minimum absolute atomic E-state index is 0.0169. The van der Waals surface area contributed by atoms with Gasteiger partial charge in [0.05, 0.1) is 0 Å². The first-order valence-corrected chi connectivity index (χ1v) is 16.1. The second kappa shape index (κ2) is 10.0. The average molecular weight is 579 g/mol. The van der Waals surface area contributed by atoms with Gasteiger partial charge in [-0.3, -0.25) is 0 Å². The molecule has 0 bridgehead atoms. The van der Waals surface area contributed by atoms with Crippen LogP contribution in [0.25, 0.3) is 66.1 Å². The summed E-state index contributed by atoms with van der Waals surface area (Å²) in [5.74, 6) is 0. The summed E-state index contributed by atoms with van der Waals surface area (Å²) in [5.41, 5.74) is 18.7. The maximum atomic E-state index is 2.46. The molecule has 0 aliphatic heterocycles. The summed E-state index contributed by atoms with van der Waals surface area (Å²) in [6.45, 7) is 13.8. The summed E-state index contributed by atoms with van der Waals surface area (Å²) >= 11 is 0. The van der Waals surface area contributed by atoms with Crippen LogP contribution in [0.4, 0.5) is 0 Å². The fourth-order valence-corrected chi connectivity index (χ4v) is 8.04. The van der Waals surface area contributed by atoms with Crippen LogP contribution in [-0.2, 0) is 5.41 Å². The van der Waals surface area contributed by atoms with Crippen molar-refractivity contribution >= 4 is 21.5 Å². The molecule has 0 radical (unpaired) electrons. The van der Waals surface area contributed by atoms with Crippen molar-refractivity contribution in [3.8, 4) is 44.5 Å². The lowest BCUT2D eigenvalue weighted by Crippen LogP contribution is -2.14. The minimum Gasteiger partial charge on any atom is -0.0622 e. The van der Waals surface area contributed by atoms with Gasteiger partial charge < -0.3 is 0 Å². The van der Waals surface area contributed by atoms with E-state index in [1.54, 1.807) is 0 Å². The zero-order valence-corrected chi connectivity index (χ0v) is 27.0. The van der Waals surface area contributed by atoms with E-state index in [1.807, 2.05) is 0 Å². The molecule has 0 heterocycles. The highest BCUT2D eigenvalue weighted by molar-refractivity contribution is 6.22. The third-order valence-corrected chi connectivity index (χ3v) is 10.6. The molecule has 1 aliphatic rings. The van der Waals surface area contributed by atoms with Crippen LogP contribution in [0.2, 0.25) is 0 Å². The van der Waals surface area contributed by atoms with Gasteiger partial charge in [-0.25, -0.2) is 0 Å². The minimum atomic E-state index is -0.0169. The highest BCUT2D eigenvalue weighted by Gasteiger charge is 2.35. The summed E-state index contributed by atoms with van der Waals surface area (Å²) in [4.78, 5) is 0. The third-order valence-electron chi connectivity index (χ3n) is 10.6. The van der Waals surface area contributed by atoms with Crippen molar-refractivity contribution < 1.29 is 0 Å². The van der Waals surface area contributed by atoms with Gasteiger partial charge in [0.1, 0.15) is 0 Å². The molecule has 0 saturated carbocycles. The Balaban J connectivity index is 1.52. The van der Waals surface area contributed by atoms with E-state index in [0.29, 0.717) is 0 Å². The van der Waals surface area contributed by atoms with Gasteiger partial charge in [-0.1, -0.05) is 123 Å². The topological polar surface area (TPSA) is 0 Å². The van der Waals surface area contributed by atoms with Crippen LogP contribution in [0.3, 0.4) is 0 Å². The van der Waals surface area contributed by atoms with Crippen molar-refractivity contribution in [3.63, 3.8) is 0 Å². The Morgan fingerprint density at radius 2 is 0.956 bits per heavy atom. The van der Waals surface area contributed by atoms with Gasteiger partial charge in [0.2, 0.25) is 0 Å². The molecule has 0 saturated heterocycles. The lowest BCUT2D eigenvalue weighted by Gasteiger charge is -2.23. The molecular formula is C45H38. The van der Waals surface area contributed by atoms with Crippen LogP contribution in [-0.4, -0.2) is 0 Å². The summed E-state index contributed by atoms with van der Waals surface area (Å²) in [6.07, 6.45) is 0. The molecule has 1 aliphatic carbocycles. The molecule has 218 valence electrons. The van der Waals surface area contributed by atoms with E-state index in [0.717, 1.165) is 0 Å². The molecule has 0 heteroatoms. The van der Waals surface area contributed by atoms with Gasteiger partial charge in [-0.2, -0.15) is 0 Å². The van der Waals surface area contributed by atoms with Crippen molar-refractivity contribution in [2.45, 2.75) is 47.0 Å². The maximum absolute atomic E-state index is 2.46. The van der Waals surface area contributed by atoms with Crippen LogP contribution in [0, 0.1) is 27.7 Å². The molecule has 0 atom stereocenters. The van der Waals surface area contributed by atoms with Crippen LogP contribution in [0.1, 0.15) is 47.2 Å². The highest BCUT2D eigenvalue weighted by atomic mass is 14.4. The molecule has 0 N–H and O–H groups in total. The van der Waals surface area contributed by atoms with E-state index < -0.39 is 0 Å². The van der Waals surface area contributed by atoms with E-state index in [-0.39, 0.29) is 5.41 Å². The molecule has 8 rings (SSSR count). The number of rotatable bonds is 3. The zero-order valence-electron chi connectivity index (χ0n) is 27.0. The Morgan fingerprint density at radius 3 is 1.69 bits per heavy atom. The van der Waals surface area contributed by atoms with Crippen molar-refractivity contribution in [1.82, 2.24) is 0 Å². The predicted molar refractivity (Wildman–Crippen MR) is 194 cm³/mol. The van der Waals surface area contributed by atoms with E-state index >= 15 is 0 Å². The fourth-order valence-electron chi connectivity index (χ4n) is 8.04. The summed E-state index contributed by atoms with van der Waals surface area (Å²) in [6, 6.07) is 45.5. The molecular weight excluding hydrogens is 540 g/mol. The second-order valence-electron chi connectivity index (χ2n) is 13.5. The van der Waals surface area contributed by atoms with Crippen molar-refractivity contribution in [1.29, 1.82) is 0 Å². The molecule has 0 fully saturated rings. The lowest BCUT2D eigenvalue weighted by molar-refractivity contribution is 0.660. The first kappa shape index (κ1) is 27.6. The number of benzene rings is 7. The van der Waals surface area contributed by atoms with Gasteiger partial charge in [0.25, 0.3) is 0 Å². The Labute approximate surface area is 267 Å². The quantitative estimate of drug-likeness (QED) is 0.183. The van der Waals surface area contributed by atoms with Crippen molar-refractivity contribution in [2.24, 2.45) is 0 Å². The predicted octanol–water partition coefficient (Wildman–Crippen LogP) is 12.5. The van der Waals surface area contributed by atoms with E-state index in [2.05, 4.69) is 163 Å². The molecule has 0 unspecified atom stereocenters. The Kier molecular flexibility index (Phi) is 6.16. The average Bonchev–Trinajstić information content (AvgIpc) is 3.29. The van der Waals surface area contributed by atoms with Crippen LogP contribution >= 0.6 is 0 Å². The molecule has 0 aromatic heterocycles. The molecule has 0 amide bonds. The SMILES string of the molecule is Cc1cc(C)c(C)c(-c2c3ccccc3c(-c3ccc4c(c3)-c3ccccc3C4(C)C)c3cc(-c4ccccc4)ccc23)c1C. The summed E-state index contributed by atoms with van der Waals surface area (Å²) in [5, 5.41) is 5.22. The number of hydrogen-bond acceptors (Lipinski definition) is 0. The molecule has 45 heavy (non-hydrogen) atoms. The number of aryl methyl sites for hydroxylation is 2. The smallest absolute Gasteiger partial charge is 0.0158 e. The van der Waals surface area contributed by atoms with Crippen LogP contribution in [0.5, 0.6) is 0 Å². The standard InChI is InChI=1S/C45H38/c1-27-24-28(2)30(4)42(29(27)3)44-36-18-11-10-17-35(36)43(39-25-32(20-22-37(39)44)31-14-8-7-9-15-31)33-21-23-41-38(26-33)34-16-12-13-19-40(34)45(41,5)6/h7-26H,1-6H3. The van der Waals surface area contributed by atoms with Crippen LogP contribution in [0.15, 0.2) is 121 Å². The van der Waals surface area contributed by atoms with E-state index in [1.165, 1.54) is 99.4 Å². The summed E-state index contributed by atoms with van der Waals surface area (Å²) < 4.78 is 0. The summed E-state index contributed by atoms with van der Waals surface area (Å²) in [7, 11) is 0. The van der Waals surface area contributed by atoms with Gasteiger partial charge in [-0.15, -0.1) is 0 Å². The number of hydrogen-bond donors (Lipinski definition) is 0. The first-order chi connectivity index (χ1) is 21.8. The molecule has 0 nitrogen and oxygen atoms in total. The first-order valence-electron chi connectivity index (χ1n) is 16.1. The van der Waals surface area contributed by atoms with E-state index in [4.69, 9.17) is 0 Å². The van der Waals surface area contributed by atoms with Crippen molar-refractivity contribution in [2.75, 3.05) is 0 Å².